The molecule has 1 unspecified atom stereocenters. The van der Waals surface area contributed by atoms with Gasteiger partial charge in [0, 0.05) is 16.0 Å². The van der Waals surface area contributed by atoms with Gasteiger partial charge in [0.15, 0.2) is 0 Å². The van der Waals surface area contributed by atoms with E-state index in [1.54, 1.807) is 0 Å². The summed E-state index contributed by atoms with van der Waals surface area (Å²) in [5.74, 6) is 1.02. The lowest BCUT2D eigenvalue weighted by Gasteiger charge is -2.29. The van der Waals surface area contributed by atoms with Crippen LogP contribution < -0.4 is 5.32 Å². The van der Waals surface area contributed by atoms with Crippen molar-refractivity contribution in [2.24, 2.45) is 0 Å². The van der Waals surface area contributed by atoms with Crippen molar-refractivity contribution in [3.8, 4) is 6.07 Å². The summed E-state index contributed by atoms with van der Waals surface area (Å²) in [6, 6.07) is 10.7. The van der Waals surface area contributed by atoms with Crippen LogP contribution in [0.2, 0.25) is 5.02 Å². The van der Waals surface area contributed by atoms with E-state index in [1.807, 2.05) is 36.0 Å². The summed E-state index contributed by atoms with van der Waals surface area (Å²) in [6.45, 7) is 6.25. The number of thioether (sulfide) groups is 1. The molecule has 1 aromatic rings. The highest BCUT2D eigenvalue weighted by atomic mass is 35.5. The highest BCUT2D eigenvalue weighted by molar-refractivity contribution is 7.99. The molecule has 4 heteroatoms. The summed E-state index contributed by atoms with van der Waals surface area (Å²) in [6.07, 6.45) is 2.75. The molecule has 1 N–H and O–H groups in total. The van der Waals surface area contributed by atoms with Crippen LogP contribution in [0.1, 0.15) is 40.0 Å². The Bertz CT molecular complexity index is 439. The van der Waals surface area contributed by atoms with Gasteiger partial charge in [-0.05, 0) is 63.1 Å². The second kappa shape index (κ2) is 8.56. The van der Waals surface area contributed by atoms with Gasteiger partial charge in [0.05, 0.1) is 6.07 Å². The molecule has 0 saturated heterocycles. The van der Waals surface area contributed by atoms with Crippen molar-refractivity contribution in [3.63, 3.8) is 0 Å². The molecule has 20 heavy (non-hydrogen) atoms. The lowest BCUT2D eigenvalue weighted by Crippen LogP contribution is -2.47. The Morgan fingerprint density at radius 2 is 2.00 bits per heavy atom. The van der Waals surface area contributed by atoms with Crippen LogP contribution in [0, 0.1) is 11.3 Å². The van der Waals surface area contributed by atoms with Gasteiger partial charge in [-0.15, -0.1) is 11.8 Å². The lowest BCUT2D eigenvalue weighted by atomic mass is 9.91. The molecule has 1 rings (SSSR count). The molecule has 1 atom stereocenters. The minimum absolute atomic E-state index is 0.332. The summed E-state index contributed by atoms with van der Waals surface area (Å²) in [5.41, 5.74) is -0.380. The van der Waals surface area contributed by atoms with Crippen LogP contribution >= 0.6 is 23.4 Å². The average molecular weight is 311 g/mol. The molecule has 0 saturated carbocycles. The number of nitriles is 1. The zero-order valence-corrected chi connectivity index (χ0v) is 14.0. The van der Waals surface area contributed by atoms with Crippen molar-refractivity contribution in [2.75, 3.05) is 5.75 Å². The fourth-order valence-electron chi connectivity index (χ4n) is 2.17. The normalized spacial score (nSPS) is 14.0. The first kappa shape index (κ1) is 17.4. The van der Waals surface area contributed by atoms with E-state index in [2.05, 4.69) is 32.2 Å². The standard InChI is InChI=1S/C16H23ClN2S/c1-4-16(12-18,19-13(2)3)10-5-11-20-15-8-6-14(17)7-9-15/h6-9,13,19H,4-5,10-11H2,1-3H3. The Morgan fingerprint density at radius 3 is 2.50 bits per heavy atom. The van der Waals surface area contributed by atoms with Crippen molar-refractivity contribution < 1.29 is 0 Å². The average Bonchev–Trinajstić information content (AvgIpc) is 2.44. The summed E-state index contributed by atoms with van der Waals surface area (Å²) in [4.78, 5) is 1.23. The van der Waals surface area contributed by atoms with Gasteiger partial charge in [0.2, 0.25) is 0 Å². The van der Waals surface area contributed by atoms with E-state index < -0.39 is 0 Å². The highest BCUT2D eigenvalue weighted by Crippen LogP contribution is 2.24. The largest absolute Gasteiger partial charge is 0.297 e. The SMILES string of the molecule is CCC(C#N)(CCCSc1ccc(Cl)cc1)NC(C)C. The maximum Gasteiger partial charge on any atom is 0.106 e. The number of halogens is 1. The van der Waals surface area contributed by atoms with Crippen molar-refractivity contribution in [2.45, 2.75) is 56.5 Å². The molecule has 0 aliphatic rings. The van der Waals surface area contributed by atoms with Gasteiger partial charge in [-0.1, -0.05) is 18.5 Å². The second-order valence-corrected chi connectivity index (χ2v) is 6.86. The van der Waals surface area contributed by atoms with Crippen LogP contribution in [0.15, 0.2) is 29.2 Å². The molecule has 2 nitrogen and oxygen atoms in total. The zero-order chi connectivity index (χ0) is 15.0. The quantitative estimate of drug-likeness (QED) is 0.549. The third kappa shape index (κ3) is 5.75. The fraction of sp³-hybridized carbons (Fsp3) is 0.562. The van der Waals surface area contributed by atoms with E-state index in [9.17, 15) is 5.26 Å². The van der Waals surface area contributed by atoms with E-state index in [1.165, 1.54) is 4.90 Å². The second-order valence-electron chi connectivity index (χ2n) is 5.25. The molecule has 0 aliphatic carbocycles. The summed E-state index contributed by atoms with van der Waals surface area (Å²) in [5, 5.41) is 13.6. The molecule has 0 spiro atoms. The van der Waals surface area contributed by atoms with Crippen LogP contribution in [0.5, 0.6) is 0 Å². The van der Waals surface area contributed by atoms with E-state index in [-0.39, 0.29) is 5.54 Å². The molecule has 0 radical (unpaired) electrons. The monoisotopic (exact) mass is 310 g/mol. The topological polar surface area (TPSA) is 35.8 Å². The van der Waals surface area contributed by atoms with Crippen LogP contribution in [0.3, 0.4) is 0 Å². The smallest absolute Gasteiger partial charge is 0.106 e. The third-order valence-corrected chi connectivity index (χ3v) is 4.56. The zero-order valence-electron chi connectivity index (χ0n) is 12.4. The predicted octanol–water partition coefficient (Wildman–Crippen LogP) is 4.88. The molecule has 0 bridgehead atoms. The maximum absolute atomic E-state index is 9.44. The number of nitrogens with zero attached hydrogens (tertiary/aromatic N) is 1. The van der Waals surface area contributed by atoms with E-state index in [0.717, 1.165) is 30.0 Å². The van der Waals surface area contributed by atoms with Gasteiger partial charge in [0.1, 0.15) is 5.54 Å². The van der Waals surface area contributed by atoms with Gasteiger partial charge < -0.3 is 0 Å². The Hall–Kier alpha value is -0.690. The number of hydrogen-bond donors (Lipinski definition) is 1. The third-order valence-electron chi connectivity index (χ3n) is 3.21. The van der Waals surface area contributed by atoms with Gasteiger partial charge in [-0.3, -0.25) is 5.32 Å². The van der Waals surface area contributed by atoms with Gasteiger partial charge in [-0.25, -0.2) is 0 Å². The van der Waals surface area contributed by atoms with Crippen LogP contribution in [0.25, 0.3) is 0 Å². The Labute approximate surface area is 131 Å². The van der Waals surface area contributed by atoms with Crippen molar-refractivity contribution in [1.82, 2.24) is 5.32 Å². The molecule has 0 fully saturated rings. The molecule has 0 heterocycles. The van der Waals surface area contributed by atoms with Gasteiger partial charge in [-0.2, -0.15) is 5.26 Å². The minimum atomic E-state index is -0.380. The number of rotatable bonds is 8. The Morgan fingerprint density at radius 1 is 1.35 bits per heavy atom. The molecular formula is C16H23ClN2S. The maximum atomic E-state index is 9.44. The van der Waals surface area contributed by atoms with E-state index in [4.69, 9.17) is 11.6 Å². The summed E-state index contributed by atoms with van der Waals surface area (Å²) in [7, 11) is 0. The van der Waals surface area contributed by atoms with Crippen LogP contribution in [0.4, 0.5) is 0 Å². The molecule has 110 valence electrons. The Balaban J connectivity index is 2.41. The van der Waals surface area contributed by atoms with Crippen molar-refractivity contribution in [1.29, 1.82) is 5.26 Å². The summed E-state index contributed by atoms with van der Waals surface area (Å²) >= 11 is 7.68. The number of hydrogen-bond acceptors (Lipinski definition) is 3. The molecule has 1 aromatic carbocycles. The van der Waals surface area contributed by atoms with Gasteiger partial charge in [0.25, 0.3) is 0 Å². The first-order chi connectivity index (χ1) is 9.51. The first-order valence-electron chi connectivity index (χ1n) is 7.08. The molecule has 0 amide bonds. The first-order valence-corrected chi connectivity index (χ1v) is 8.45. The molecule has 0 aromatic heterocycles. The van der Waals surface area contributed by atoms with E-state index in [0.29, 0.717) is 6.04 Å². The molecule has 0 aliphatic heterocycles. The van der Waals surface area contributed by atoms with Gasteiger partial charge >= 0.3 is 0 Å². The van der Waals surface area contributed by atoms with E-state index >= 15 is 0 Å². The minimum Gasteiger partial charge on any atom is -0.297 e. The van der Waals surface area contributed by atoms with Crippen LogP contribution in [-0.2, 0) is 0 Å². The summed E-state index contributed by atoms with van der Waals surface area (Å²) < 4.78 is 0. The molecular weight excluding hydrogens is 288 g/mol. The number of benzene rings is 1. The predicted molar refractivity (Wildman–Crippen MR) is 88.3 cm³/mol. The Kier molecular flexibility index (Phi) is 7.43. The van der Waals surface area contributed by atoms with Crippen molar-refractivity contribution in [3.05, 3.63) is 29.3 Å². The van der Waals surface area contributed by atoms with Crippen molar-refractivity contribution >= 4 is 23.4 Å². The fourth-order valence-corrected chi connectivity index (χ4v) is 3.14. The lowest BCUT2D eigenvalue weighted by molar-refractivity contribution is 0.341. The van der Waals surface area contributed by atoms with Crippen LogP contribution in [-0.4, -0.2) is 17.3 Å². The highest BCUT2D eigenvalue weighted by Gasteiger charge is 2.27. The number of nitrogens with one attached hydrogen (secondary N) is 1.